The monoisotopic (exact) mass is 276 g/mol. The minimum absolute atomic E-state index is 0.334. The van der Waals surface area contributed by atoms with Gasteiger partial charge in [0.25, 0.3) is 0 Å². The lowest BCUT2D eigenvalue weighted by atomic mass is 10.1. The quantitative estimate of drug-likeness (QED) is 0.832. The second-order valence-corrected chi connectivity index (χ2v) is 4.77. The molecule has 2 rings (SSSR count). The molecule has 2 aromatic heterocycles. The molecular weight excluding hydrogens is 256 g/mol. The average Bonchev–Trinajstić information content (AvgIpc) is 2.92. The van der Waals surface area contributed by atoms with Gasteiger partial charge in [-0.05, 0) is 19.3 Å². The van der Waals surface area contributed by atoms with Crippen LogP contribution in [0.2, 0.25) is 0 Å². The van der Waals surface area contributed by atoms with E-state index >= 15 is 0 Å². The molecule has 0 fully saturated rings. The summed E-state index contributed by atoms with van der Waals surface area (Å²) in [5, 5.41) is 3.07. The van der Waals surface area contributed by atoms with Gasteiger partial charge < -0.3 is 10.1 Å². The maximum absolute atomic E-state index is 5.61. The van der Waals surface area contributed by atoms with Crippen molar-refractivity contribution in [1.82, 2.24) is 24.5 Å². The minimum atomic E-state index is 0.334. The first-order valence-corrected chi connectivity index (χ1v) is 6.80. The second-order valence-electron chi connectivity index (χ2n) is 4.77. The van der Waals surface area contributed by atoms with Crippen LogP contribution in [0.1, 0.15) is 27.2 Å². The fraction of sp³-hybridized carbons (Fsp3) is 0.538. The van der Waals surface area contributed by atoms with Gasteiger partial charge in [0.15, 0.2) is 0 Å². The summed E-state index contributed by atoms with van der Waals surface area (Å²) in [6.07, 6.45) is 6.06. The van der Waals surface area contributed by atoms with Crippen molar-refractivity contribution in [2.24, 2.45) is 5.92 Å². The van der Waals surface area contributed by atoms with E-state index in [9.17, 15) is 0 Å². The first-order chi connectivity index (χ1) is 9.69. The Hall–Kier alpha value is -2.18. The van der Waals surface area contributed by atoms with E-state index in [0.717, 1.165) is 13.0 Å². The zero-order valence-corrected chi connectivity index (χ0v) is 12.1. The second kappa shape index (κ2) is 6.83. The zero-order chi connectivity index (χ0) is 14.4. The van der Waals surface area contributed by atoms with E-state index in [-0.39, 0.29) is 0 Å². The van der Waals surface area contributed by atoms with Crippen molar-refractivity contribution in [1.29, 1.82) is 0 Å². The molecule has 20 heavy (non-hydrogen) atoms. The highest BCUT2D eigenvalue weighted by Gasteiger charge is 2.08. The highest BCUT2D eigenvalue weighted by molar-refractivity contribution is 5.30. The smallest absolute Gasteiger partial charge is 0.323 e. The number of rotatable bonds is 7. The predicted octanol–water partition coefficient (Wildman–Crippen LogP) is 1.91. The average molecular weight is 276 g/mol. The van der Waals surface area contributed by atoms with E-state index in [1.165, 1.54) is 0 Å². The molecule has 1 N–H and O–H groups in total. The lowest BCUT2D eigenvalue weighted by molar-refractivity contribution is 0.267. The molecule has 0 amide bonds. The van der Waals surface area contributed by atoms with Crippen molar-refractivity contribution in [2.45, 2.75) is 27.2 Å². The number of hydrogen-bond acceptors (Lipinski definition) is 6. The molecule has 108 valence electrons. The van der Waals surface area contributed by atoms with Crippen LogP contribution in [0.4, 0.5) is 5.95 Å². The van der Waals surface area contributed by atoms with Crippen molar-refractivity contribution in [2.75, 3.05) is 18.5 Å². The summed E-state index contributed by atoms with van der Waals surface area (Å²) in [5.74, 6) is 1.58. The van der Waals surface area contributed by atoms with E-state index in [1.54, 1.807) is 23.3 Å². The van der Waals surface area contributed by atoms with Crippen molar-refractivity contribution < 1.29 is 4.74 Å². The number of anilines is 1. The van der Waals surface area contributed by atoms with Crippen LogP contribution < -0.4 is 10.1 Å². The van der Waals surface area contributed by atoms with Gasteiger partial charge in [-0.15, -0.1) is 0 Å². The Balaban J connectivity index is 2.17. The largest absolute Gasteiger partial charge is 0.463 e. The Morgan fingerprint density at radius 2 is 2.15 bits per heavy atom. The van der Waals surface area contributed by atoms with Crippen molar-refractivity contribution in [3.05, 3.63) is 18.7 Å². The van der Waals surface area contributed by atoms with Crippen LogP contribution in [0.15, 0.2) is 18.7 Å². The molecule has 7 heteroatoms. The van der Waals surface area contributed by atoms with Crippen LogP contribution in [-0.2, 0) is 0 Å². The molecule has 0 bridgehead atoms. The topological polar surface area (TPSA) is 77.8 Å². The Bertz CT molecular complexity index is 526. The van der Waals surface area contributed by atoms with Gasteiger partial charge in [0.2, 0.25) is 11.9 Å². The van der Waals surface area contributed by atoms with Crippen molar-refractivity contribution in [3.63, 3.8) is 0 Å². The fourth-order valence-corrected chi connectivity index (χ4v) is 1.53. The van der Waals surface area contributed by atoms with E-state index in [4.69, 9.17) is 4.74 Å². The Morgan fingerprint density at radius 1 is 1.30 bits per heavy atom. The first-order valence-electron chi connectivity index (χ1n) is 6.80. The van der Waals surface area contributed by atoms with Gasteiger partial charge in [0, 0.05) is 18.9 Å². The number of hydrogen-bond donors (Lipinski definition) is 1. The van der Waals surface area contributed by atoms with Gasteiger partial charge in [-0.2, -0.15) is 15.0 Å². The van der Waals surface area contributed by atoms with Crippen molar-refractivity contribution in [3.8, 4) is 12.0 Å². The summed E-state index contributed by atoms with van der Waals surface area (Å²) in [6.45, 7) is 7.62. The number of ether oxygens (including phenoxy) is 1. The van der Waals surface area contributed by atoms with Crippen molar-refractivity contribution >= 4 is 5.95 Å². The molecule has 0 aromatic carbocycles. The fourth-order valence-electron chi connectivity index (χ4n) is 1.53. The molecule has 0 saturated carbocycles. The normalized spacial score (nSPS) is 10.8. The molecule has 7 nitrogen and oxygen atoms in total. The number of nitrogens with zero attached hydrogens (tertiary/aromatic N) is 5. The molecular formula is C13H20N6O. The number of nitrogens with one attached hydrogen (secondary N) is 1. The number of aromatic nitrogens is 5. The molecule has 0 aliphatic rings. The third-order valence-electron chi connectivity index (χ3n) is 2.60. The van der Waals surface area contributed by atoms with Crippen LogP contribution in [0.5, 0.6) is 6.01 Å². The lowest BCUT2D eigenvalue weighted by Gasteiger charge is -2.09. The maximum Gasteiger partial charge on any atom is 0.323 e. The van der Waals surface area contributed by atoms with Gasteiger partial charge in [0.05, 0.1) is 6.61 Å². The molecule has 0 aliphatic heterocycles. The summed E-state index contributed by atoms with van der Waals surface area (Å²) in [5.41, 5.74) is 0. The Morgan fingerprint density at radius 3 is 2.80 bits per heavy atom. The minimum Gasteiger partial charge on any atom is -0.463 e. The third kappa shape index (κ3) is 3.91. The van der Waals surface area contributed by atoms with Gasteiger partial charge in [-0.25, -0.2) is 4.98 Å². The van der Waals surface area contributed by atoms with E-state index in [2.05, 4.69) is 39.1 Å². The molecule has 2 heterocycles. The molecule has 0 unspecified atom stereocenters. The Labute approximate surface area is 118 Å². The maximum atomic E-state index is 5.61. The summed E-state index contributed by atoms with van der Waals surface area (Å²) in [6, 6.07) is 0.334. The standard InChI is InChI=1S/C13H20N6O/c1-4-15-11-16-12(19-7-6-14-9-19)18-13(17-11)20-8-5-10(2)3/h6-7,9-10H,4-5,8H2,1-3H3,(H,15,16,17,18). The first kappa shape index (κ1) is 14.2. The number of imidazole rings is 1. The summed E-state index contributed by atoms with van der Waals surface area (Å²) >= 11 is 0. The van der Waals surface area contributed by atoms with E-state index in [1.807, 2.05) is 6.92 Å². The molecule has 0 spiro atoms. The summed E-state index contributed by atoms with van der Waals surface area (Å²) < 4.78 is 7.33. The van der Waals surface area contributed by atoms with Crippen LogP contribution in [0, 0.1) is 5.92 Å². The SMILES string of the molecule is CCNc1nc(OCCC(C)C)nc(-n2ccnc2)n1. The highest BCUT2D eigenvalue weighted by Crippen LogP contribution is 2.12. The molecule has 0 saturated heterocycles. The van der Waals surface area contributed by atoms with E-state index in [0.29, 0.717) is 30.4 Å². The van der Waals surface area contributed by atoms with Crippen LogP contribution in [0.3, 0.4) is 0 Å². The zero-order valence-electron chi connectivity index (χ0n) is 12.1. The van der Waals surface area contributed by atoms with Crippen LogP contribution in [0.25, 0.3) is 5.95 Å². The van der Waals surface area contributed by atoms with Crippen LogP contribution >= 0.6 is 0 Å². The van der Waals surface area contributed by atoms with E-state index < -0.39 is 0 Å². The van der Waals surface area contributed by atoms with Gasteiger partial charge in [-0.1, -0.05) is 13.8 Å². The summed E-state index contributed by atoms with van der Waals surface area (Å²) in [4.78, 5) is 16.8. The molecule has 0 atom stereocenters. The Kier molecular flexibility index (Phi) is 4.86. The highest BCUT2D eigenvalue weighted by atomic mass is 16.5. The molecule has 2 aromatic rings. The van der Waals surface area contributed by atoms with Gasteiger partial charge in [-0.3, -0.25) is 4.57 Å². The third-order valence-corrected chi connectivity index (χ3v) is 2.60. The van der Waals surface area contributed by atoms with Gasteiger partial charge >= 0.3 is 6.01 Å². The lowest BCUT2D eigenvalue weighted by Crippen LogP contribution is -2.11. The van der Waals surface area contributed by atoms with Gasteiger partial charge in [0.1, 0.15) is 6.33 Å². The molecule has 0 aliphatic carbocycles. The summed E-state index contributed by atoms with van der Waals surface area (Å²) in [7, 11) is 0. The van der Waals surface area contributed by atoms with Crippen LogP contribution in [-0.4, -0.2) is 37.7 Å². The molecule has 0 radical (unpaired) electrons. The predicted molar refractivity (Wildman–Crippen MR) is 76.1 cm³/mol.